The van der Waals surface area contributed by atoms with Crippen LogP contribution in [0, 0.1) is 0 Å². The Bertz CT molecular complexity index is 597. The third kappa shape index (κ3) is 4.46. The number of nitrogens with one attached hydrogen (secondary N) is 1. The lowest BCUT2D eigenvalue weighted by Gasteiger charge is -2.14. The predicted molar refractivity (Wildman–Crippen MR) is 83.8 cm³/mol. The minimum Gasteiger partial charge on any atom is -0.481 e. The van der Waals surface area contributed by atoms with Crippen LogP contribution in [0.25, 0.3) is 0 Å². The number of carbonyl (C=O) groups is 1. The fraction of sp³-hybridized carbons (Fsp3) is 0.250. The number of hydrogen-bond acceptors (Lipinski definition) is 3. The Hall–Kier alpha value is -2.07. The SMILES string of the molecule is CCc1ccc(OC(C)C(=O)Nc2ccc(Cl)nc2)cc1. The summed E-state index contributed by atoms with van der Waals surface area (Å²) in [4.78, 5) is 15.9. The summed E-state index contributed by atoms with van der Waals surface area (Å²) in [6, 6.07) is 11.0. The van der Waals surface area contributed by atoms with Gasteiger partial charge in [0.25, 0.3) is 5.91 Å². The molecule has 0 saturated heterocycles. The first-order valence-electron chi connectivity index (χ1n) is 6.76. The summed E-state index contributed by atoms with van der Waals surface area (Å²) in [7, 11) is 0. The number of benzene rings is 1. The molecule has 110 valence electrons. The Kier molecular flexibility index (Phi) is 5.17. The fourth-order valence-electron chi connectivity index (χ4n) is 1.76. The monoisotopic (exact) mass is 304 g/mol. The fourth-order valence-corrected chi connectivity index (χ4v) is 1.87. The molecule has 0 fully saturated rings. The van der Waals surface area contributed by atoms with Crippen molar-refractivity contribution in [1.29, 1.82) is 0 Å². The topological polar surface area (TPSA) is 51.2 Å². The van der Waals surface area contributed by atoms with E-state index in [1.165, 1.54) is 11.8 Å². The maximum atomic E-state index is 12.0. The minimum absolute atomic E-state index is 0.237. The molecule has 0 aliphatic heterocycles. The lowest BCUT2D eigenvalue weighted by molar-refractivity contribution is -0.122. The van der Waals surface area contributed by atoms with Crippen molar-refractivity contribution in [2.75, 3.05) is 5.32 Å². The van der Waals surface area contributed by atoms with Gasteiger partial charge in [0.1, 0.15) is 10.9 Å². The molecule has 21 heavy (non-hydrogen) atoms. The van der Waals surface area contributed by atoms with Crippen LogP contribution in [0.15, 0.2) is 42.6 Å². The molecule has 0 aliphatic carbocycles. The molecule has 0 saturated carbocycles. The van der Waals surface area contributed by atoms with Gasteiger partial charge in [-0.15, -0.1) is 0 Å². The van der Waals surface area contributed by atoms with Crippen molar-refractivity contribution in [3.63, 3.8) is 0 Å². The highest BCUT2D eigenvalue weighted by Gasteiger charge is 2.15. The van der Waals surface area contributed by atoms with E-state index in [4.69, 9.17) is 16.3 Å². The van der Waals surface area contributed by atoms with Gasteiger partial charge in [0, 0.05) is 0 Å². The maximum absolute atomic E-state index is 12.0. The molecule has 1 aromatic carbocycles. The molecule has 4 nitrogen and oxygen atoms in total. The Labute approximate surface area is 129 Å². The van der Waals surface area contributed by atoms with Crippen LogP contribution < -0.4 is 10.1 Å². The van der Waals surface area contributed by atoms with Gasteiger partial charge in [0.05, 0.1) is 11.9 Å². The van der Waals surface area contributed by atoms with Crippen LogP contribution in [0.5, 0.6) is 5.75 Å². The summed E-state index contributed by atoms with van der Waals surface area (Å²) in [5.74, 6) is 0.433. The molecular formula is C16H17ClN2O2. The van der Waals surface area contributed by atoms with E-state index in [2.05, 4.69) is 17.2 Å². The van der Waals surface area contributed by atoms with Gasteiger partial charge in [-0.25, -0.2) is 4.98 Å². The lowest BCUT2D eigenvalue weighted by Crippen LogP contribution is -2.30. The first-order valence-corrected chi connectivity index (χ1v) is 7.14. The Balaban J connectivity index is 1.93. The summed E-state index contributed by atoms with van der Waals surface area (Å²) >= 11 is 5.69. The molecule has 0 spiro atoms. The number of amides is 1. The summed E-state index contributed by atoms with van der Waals surface area (Å²) < 4.78 is 5.61. The zero-order chi connectivity index (χ0) is 15.2. The number of aryl methyl sites for hydroxylation is 1. The lowest BCUT2D eigenvalue weighted by atomic mass is 10.2. The van der Waals surface area contributed by atoms with Crippen LogP contribution >= 0.6 is 11.6 Å². The van der Waals surface area contributed by atoms with Crippen molar-refractivity contribution in [2.24, 2.45) is 0 Å². The highest BCUT2D eigenvalue weighted by atomic mass is 35.5. The number of rotatable bonds is 5. The first kappa shape index (κ1) is 15.3. The highest BCUT2D eigenvalue weighted by Crippen LogP contribution is 2.15. The molecule has 2 rings (SSSR count). The van der Waals surface area contributed by atoms with Crippen molar-refractivity contribution < 1.29 is 9.53 Å². The van der Waals surface area contributed by atoms with Crippen molar-refractivity contribution in [2.45, 2.75) is 26.4 Å². The molecule has 0 radical (unpaired) electrons. The summed E-state index contributed by atoms with van der Waals surface area (Å²) in [5, 5.41) is 3.11. The van der Waals surface area contributed by atoms with E-state index in [9.17, 15) is 4.79 Å². The second kappa shape index (κ2) is 7.09. The molecule has 1 heterocycles. The Morgan fingerprint density at radius 2 is 2.00 bits per heavy atom. The average Bonchev–Trinajstić information content (AvgIpc) is 2.50. The van der Waals surface area contributed by atoms with Gasteiger partial charge in [-0.2, -0.15) is 0 Å². The van der Waals surface area contributed by atoms with Gasteiger partial charge in [0.2, 0.25) is 0 Å². The first-order chi connectivity index (χ1) is 10.1. The molecular weight excluding hydrogens is 288 g/mol. The van der Waals surface area contributed by atoms with Crippen LogP contribution in [0.1, 0.15) is 19.4 Å². The number of ether oxygens (including phenoxy) is 1. The summed E-state index contributed by atoms with van der Waals surface area (Å²) in [6.45, 7) is 3.79. The second-order valence-electron chi connectivity index (χ2n) is 4.62. The number of anilines is 1. The van der Waals surface area contributed by atoms with Crippen LogP contribution in [0.3, 0.4) is 0 Å². The normalized spacial score (nSPS) is 11.8. The standard InChI is InChI=1S/C16H17ClN2O2/c1-3-12-4-7-14(8-5-12)21-11(2)16(20)19-13-6-9-15(17)18-10-13/h4-11H,3H2,1-2H3,(H,19,20). The van der Waals surface area contributed by atoms with Crippen molar-refractivity contribution in [3.8, 4) is 5.75 Å². The van der Waals surface area contributed by atoms with E-state index >= 15 is 0 Å². The molecule has 2 aromatic rings. The van der Waals surface area contributed by atoms with E-state index in [0.29, 0.717) is 16.6 Å². The van der Waals surface area contributed by atoms with Crippen molar-refractivity contribution in [3.05, 3.63) is 53.3 Å². The molecule has 1 amide bonds. The van der Waals surface area contributed by atoms with Gasteiger partial charge in [0.15, 0.2) is 6.10 Å². The molecule has 1 aromatic heterocycles. The van der Waals surface area contributed by atoms with E-state index in [1.807, 2.05) is 24.3 Å². The Morgan fingerprint density at radius 1 is 1.29 bits per heavy atom. The van der Waals surface area contributed by atoms with E-state index in [0.717, 1.165) is 6.42 Å². The molecule has 0 aliphatic rings. The molecule has 1 atom stereocenters. The van der Waals surface area contributed by atoms with Gasteiger partial charge in [-0.1, -0.05) is 30.7 Å². The van der Waals surface area contributed by atoms with Crippen LogP contribution in [0.2, 0.25) is 5.15 Å². The second-order valence-corrected chi connectivity index (χ2v) is 5.00. The molecule has 1 unspecified atom stereocenters. The Morgan fingerprint density at radius 3 is 2.57 bits per heavy atom. The summed E-state index contributed by atoms with van der Waals surface area (Å²) in [5.41, 5.74) is 1.81. The third-order valence-corrected chi connectivity index (χ3v) is 3.23. The van der Waals surface area contributed by atoms with Crippen molar-refractivity contribution in [1.82, 2.24) is 4.98 Å². The number of halogens is 1. The maximum Gasteiger partial charge on any atom is 0.265 e. The van der Waals surface area contributed by atoms with E-state index < -0.39 is 6.10 Å². The number of hydrogen-bond donors (Lipinski definition) is 1. The predicted octanol–water partition coefficient (Wildman–Crippen LogP) is 3.70. The minimum atomic E-state index is -0.604. The number of carbonyl (C=O) groups excluding carboxylic acids is 1. The van der Waals surface area contributed by atoms with Gasteiger partial charge >= 0.3 is 0 Å². The van der Waals surface area contributed by atoms with Gasteiger partial charge < -0.3 is 10.1 Å². The van der Waals surface area contributed by atoms with Crippen LogP contribution in [-0.4, -0.2) is 17.0 Å². The molecule has 1 N–H and O–H groups in total. The summed E-state index contributed by atoms with van der Waals surface area (Å²) in [6.07, 6.45) is 1.87. The average molecular weight is 305 g/mol. The van der Waals surface area contributed by atoms with Crippen molar-refractivity contribution >= 4 is 23.2 Å². The quantitative estimate of drug-likeness (QED) is 0.857. The van der Waals surface area contributed by atoms with Gasteiger partial charge in [-0.3, -0.25) is 4.79 Å². The zero-order valence-corrected chi connectivity index (χ0v) is 12.7. The van der Waals surface area contributed by atoms with E-state index in [1.54, 1.807) is 19.1 Å². The largest absolute Gasteiger partial charge is 0.481 e. The van der Waals surface area contributed by atoms with Crippen LogP contribution in [0.4, 0.5) is 5.69 Å². The number of nitrogens with zero attached hydrogens (tertiary/aromatic N) is 1. The number of aromatic nitrogens is 1. The van der Waals surface area contributed by atoms with E-state index in [-0.39, 0.29) is 5.91 Å². The van der Waals surface area contributed by atoms with Crippen LogP contribution in [-0.2, 0) is 11.2 Å². The highest BCUT2D eigenvalue weighted by molar-refractivity contribution is 6.29. The van der Waals surface area contributed by atoms with Gasteiger partial charge in [-0.05, 0) is 43.2 Å². The molecule has 5 heteroatoms. The smallest absolute Gasteiger partial charge is 0.265 e. The number of pyridine rings is 1. The zero-order valence-electron chi connectivity index (χ0n) is 12.0. The third-order valence-electron chi connectivity index (χ3n) is 3.01. The molecule has 0 bridgehead atoms.